The molecule has 1 amide bonds. The van der Waals surface area contributed by atoms with Crippen LogP contribution in [-0.4, -0.2) is 28.0 Å². The highest BCUT2D eigenvalue weighted by molar-refractivity contribution is 5.96. The molecule has 6 nitrogen and oxygen atoms in total. The molecular formula is C22H20N2O4. The predicted octanol–water partition coefficient (Wildman–Crippen LogP) is 3.09. The van der Waals surface area contributed by atoms with Gasteiger partial charge in [0.05, 0.1) is 0 Å². The molecule has 3 aromatic rings. The molecule has 0 fully saturated rings. The second-order valence-electron chi connectivity index (χ2n) is 6.22. The average Bonchev–Trinajstić information content (AvgIpc) is 2.74. The SMILES string of the molecule is O=C(N[C@@H](Cc1ccc(OCc2ccccc2)cc1)C(=O)O)c1ccncc1. The van der Waals surface area contributed by atoms with Crippen molar-refractivity contribution in [3.63, 3.8) is 0 Å². The van der Waals surface area contributed by atoms with Gasteiger partial charge in [-0.1, -0.05) is 42.5 Å². The number of amides is 1. The number of carboxylic acids is 1. The van der Waals surface area contributed by atoms with Gasteiger partial charge in [0, 0.05) is 24.4 Å². The summed E-state index contributed by atoms with van der Waals surface area (Å²) in [4.78, 5) is 27.6. The highest BCUT2D eigenvalue weighted by Crippen LogP contribution is 2.15. The molecule has 0 spiro atoms. The Morgan fingerprint density at radius 3 is 2.25 bits per heavy atom. The molecule has 6 heteroatoms. The van der Waals surface area contributed by atoms with Crippen LogP contribution in [0.2, 0.25) is 0 Å². The number of nitrogens with zero attached hydrogens (tertiary/aromatic N) is 1. The molecule has 28 heavy (non-hydrogen) atoms. The first-order valence-electron chi connectivity index (χ1n) is 8.81. The zero-order valence-electron chi connectivity index (χ0n) is 15.1. The van der Waals surface area contributed by atoms with Gasteiger partial charge in [-0.2, -0.15) is 0 Å². The highest BCUT2D eigenvalue weighted by atomic mass is 16.5. The van der Waals surface area contributed by atoms with Crippen molar-refractivity contribution in [1.82, 2.24) is 10.3 Å². The van der Waals surface area contributed by atoms with Crippen LogP contribution in [-0.2, 0) is 17.8 Å². The third-order valence-corrected chi connectivity index (χ3v) is 4.16. The lowest BCUT2D eigenvalue weighted by Crippen LogP contribution is -2.42. The van der Waals surface area contributed by atoms with E-state index >= 15 is 0 Å². The van der Waals surface area contributed by atoms with Crippen LogP contribution in [0.3, 0.4) is 0 Å². The van der Waals surface area contributed by atoms with Crippen molar-refractivity contribution in [3.05, 3.63) is 95.8 Å². The molecule has 0 bridgehead atoms. The zero-order chi connectivity index (χ0) is 19.8. The summed E-state index contributed by atoms with van der Waals surface area (Å²) in [7, 11) is 0. The number of hydrogen-bond acceptors (Lipinski definition) is 4. The number of nitrogens with one attached hydrogen (secondary N) is 1. The van der Waals surface area contributed by atoms with Gasteiger partial charge in [0.15, 0.2) is 0 Å². The van der Waals surface area contributed by atoms with Gasteiger partial charge >= 0.3 is 5.97 Å². The van der Waals surface area contributed by atoms with E-state index in [0.717, 1.165) is 11.1 Å². The lowest BCUT2D eigenvalue weighted by molar-refractivity contribution is -0.139. The van der Waals surface area contributed by atoms with E-state index in [1.54, 1.807) is 24.3 Å². The Kier molecular flexibility index (Phi) is 6.36. The zero-order valence-corrected chi connectivity index (χ0v) is 15.1. The van der Waals surface area contributed by atoms with Crippen LogP contribution in [0.25, 0.3) is 0 Å². The Labute approximate surface area is 162 Å². The number of aliphatic carboxylic acids is 1. The van der Waals surface area contributed by atoms with Gasteiger partial charge in [0.2, 0.25) is 0 Å². The van der Waals surface area contributed by atoms with Gasteiger partial charge in [-0.05, 0) is 35.4 Å². The van der Waals surface area contributed by atoms with Crippen LogP contribution < -0.4 is 10.1 Å². The number of rotatable bonds is 8. The molecule has 2 N–H and O–H groups in total. The first-order valence-corrected chi connectivity index (χ1v) is 8.81. The fourth-order valence-electron chi connectivity index (χ4n) is 2.64. The molecule has 1 aromatic heterocycles. The van der Waals surface area contributed by atoms with Crippen LogP contribution in [0.1, 0.15) is 21.5 Å². The Hall–Kier alpha value is -3.67. The van der Waals surface area contributed by atoms with Gasteiger partial charge in [-0.3, -0.25) is 9.78 Å². The predicted molar refractivity (Wildman–Crippen MR) is 104 cm³/mol. The van der Waals surface area contributed by atoms with Crippen LogP contribution >= 0.6 is 0 Å². The monoisotopic (exact) mass is 376 g/mol. The summed E-state index contributed by atoms with van der Waals surface area (Å²) in [5, 5.41) is 12.0. The van der Waals surface area contributed by atoms with Gasteiger partial charge in [-0.25, -0.2) is 4.79 Å². The molecule has 0 saturated heterocycles. The lowest BCUT2D eigenvalue weighted by atomic mass is 10.1. The topological polar surface area (TPSA) is 88.5 Å². The van der Waals surface area contributed by atoms with Crippen molar-refractivity contribution < 1.29 is 19.4 Å². The number of carbonyl (C=O) groups excluding carboxylic acids is 1. The second kappa shape index (κ2) is 9.32. The summed E-state index contributed by atoms with van der Waals surface area (Å²) in [5.41, 5.74) is 2.22. The molecule has 1 heterocycles. The fraction of sp³-hybridized carbons (Fsp3) is 0.136. The van der Waals surface area contributed by atoms with Crippen LogP contribution in [0.5, 0.6) is 5.75 Å². The van der Waals surface area contributed by atoms with E-state index in [0.29, 0.717) is 17.9 Å². The lowest BCUT2D eigenvalue weighted by Gasteiger charge is -2.15. The maximum atomic E-state index is 12.2. The normalized spacial score (nSPS) is 11.4. The number of pyridine rings is 1. The van der Waals surface area contributed by atoms with Gasteiger partial charge in [0.1, 0.15) is 18.4 Å². The number of benzene rings is 2. The molecule has 0 aliphatic carbocycles. The number of ether oxygens (including phenoxy) is 1. The van der Waals surface area contributed by atoms with E-state index in [1.165, 1.54) is 24.5 Å². The third-order valence-electron chi connectivity index (χ3n) is 4.16. The summed E-state index contributed by atoms with van der Waals surface area (Å²) < 4.78 is 5.73. The minimum atomic E-state index is -1.09. The summed E-state index contributed by atoms with van der Waals surface area (Å²) in [6.07, 6.45) is 3.14. The molecule has 0 radical (unpaired) electrons. The minimum absolute atomic E-state index is 0.172. The Morgan fingerprint density at radius 1 is 0.929 bits per heavy atom. The first-order chi connectivity index (χ1) is 13.6. The molecule has 0 unspecified atom stereocenters. The Bertz CT molecular complexity index is 912. The van der Waals surface area contributed by atoms with E-state index in [1.807, 2.05) is 30.3 Å². The van der Waals surface area contributed by atoms with Crippen LogP contribution in [0.15, 0.2) is 79.1 Å². The van der Waals surface area contributed by atoms with Crippen molar-refractivity contribution in [3.8, 4) is 5.75 Å². The molecule has 0 aliphatic heterocycles. The average molecular weight is 376 g/mol. The molecular weight excluding hydrogens is 356 g/mol. The molecule has 2 aromatic carbocycles. The molecule has 0 saturated carbocycles. The van der Waals surface area contributed by atoms with Gasteiger partial charge in [0.25, 0.3) is 5.91 Å². The number of carboxylic acid groups (broad SMARTS) is 1. The minimum Gasteiger partial charge on any atom is -0.489 e. The van der Waals surface area contributed by atoms with E-state index in [2.05, 4.69) is 10.3 Å². The van der Waals surface area contributed by atoms with Crippen molar-refractivity contribution >= 4 is 11.9 Å². The molecule has 0 aliphatic rings. The summed E-state index contributed by atoms with van der Waals surface area (Å²) >= 11 is 0. The van der Waals surface area contributed by atoms with Crippen LogP contribution in [0, 0.1) is 0 Å². The summed E-state index contributed by atoms with van der Waals surface area (Å²) in [5.74, 6) is -0.843. The van der Waals surface area contributed by atoms with Gasteiger partial charge < -0.3 is 15.2 Å². The Morgan fingerprint density at radius 2 is 1.61 bits per heavy atom. The van der Waals surface area contributed by atoms with E-state index < -0.39 is 17.9 Å². The van der Waals surface area contributed by atoms with Crippen LogP contribution in [0.4, 0.5) is 0 Å². The third kappa shape index (κ3) is 5.41. The van der Waals surface area contributed by atoms with E-state index in [4.69, 9.17) is 4.74 Å². The largest absolute Gasteiger partial charge is 0.489 e. The number of aromatic nitrogens is 1. The number of carbonyl (C=O) groups is 2. The molecule has 3 rings (SSSR count). The van der Waals surface area contributed by atoms with Crippen molar-refractivity contribution in [1.29, 1.82) is 0 Å². The van der Waals surface area contributed by atoms with Crippen molar-refractivity contribution in [2.45, 2.75) is 19.1 Å². The Balaban J connectivity index is 1.59. The molecule has 1 atom stereocenters. The summed E-state index contributed by atoms with van der Waals surface area (Å²) in [6, 6.07) is 19.0. The van der Waals surface area contributed by atoms with Gasteiger partial charge in [-0.15, -0.1) is 0 Å². The number of hydrogen-bond donors (Lipinski definition) is 2. The van der Waals surface area contributed by atoms with E-state index in [9.17, 15) is 14.7 Å². The highest BCUT2D eigenvalue weighted by Gasteiger charge is 2.21. The quantitative estimate of drug-likeness (QED) is 0.631. The van der Waals surface area contributed by atoms with E-state index in [-0.39, 0.29) is 6.42 Å². The summed E-state index contributed by atoms with van der Waals surface area (Å²) in [6.45, 7) is 0.458. The second-order valence-corrected chi connectivity index (χ2v) is 6.22. The molecule has 142 valence electrons. The fourth-order valence-corrected chi connectivity index (χ4v) is 2.64. The standard InChI is InChI=1S/C22H20N2O4/c25-21(18-10-12-23-13-11-18)24-20(22(26)27)14-16-6-8-19(9-7-16)28-15-17-4-2-1-3-5-17/h1-13,20H,14-15H2,(H,24,25)(H,26,27)/t20-/m0/s1. The van der Waals surface area contributed by atoms with Crippen molar-refractivity contribution in [2.75, 3.05) is 0 Å². The maximum absolute atomic E-state index is 12.2. The smallest absolute Gasteiger partial charge is 0.326 e. The van der Waals surface area contributed by atoms with Crippen molar-refractivity contribution in [2.24, 2.45) is 0 Å². The first kappa shape index (κ1) is 19.1. The maximum Gasteiger partial charge on any atom is 0.326 e.